The summed E-state index contributed by atoms with van der Waals surface area (Å²) in [6.45, 7) is 2.47. The Morgan fingerprint density at radius 2 is 1.88 bits per heavy atom. The lowest BCUT2D eigenvalue weighted by atomic mass is 10.2. The van der Waals surface area contributed by atoms with Crippen LogP contribution in [0.2, 0.25) is 0 Å². The SMILES string of the molecule is Cc1c(C(=O)Nc2ccc(NC(=O)C3CCCO3)cc2)cnn1C. The van der Waals surface area contributed by atoms with E-state index in [9.17, 15) is 9.59 Å². The molecule has 1 aliphatic rings. The standard InChI is InChI=1S/C17H20N4O3/c1-11-14(10-18-21(11)2)16(22)19-12-5-7-13(8-6-12)20-17(23)15-4-3-9-24-15/h5-8,10,15H,3-4,9H2,1-2H3,(H,19,22)(H,20,23). The molecule has 1 aromatic carbocycles. The second kappa shape index (κ2) is 6.84. The fourth-order valence-electron chi connectivity index (χ4n) is 2.56. The van der Waals surface area contributed by atoms with Crippen LogP contribution in [-0.2, 0) is 16.6 Å². The molecule has 1 atom stereocenters. The molecule has 7 heteroatoms. The number of anilines is 2. The van der Waals surface area contributed by atoms with Crippen molar-refractivity contribution in [3.05, 3.63) is 41.7 Å². The Labute approximate surface area is 140 Å². The number of carbonyl (C=O) groups excluding carboxylic acids is 2. The summed E-state index contributed by atoms with van der Waals surface area (Å²) in [5, 5.41) is 9.70. The average Bonchev–Trinajstić information content (AvgIpc) is 3.21. The quantitative estimate of drug-likeness (QED) is 0.900. The number of aryl methyl sites for hydroxylation is 1. The van der Waals surface area contributed by atoms with Gasteiger partial charge in [0, 0.05) is 30.7 Å². The van der Waals surface area contributed by atoms with Gasteiger partial charge in [-0.05, 0) is 44.0 Å². The molecule has 1 aromatic heterocycles. The van der Waals surface area contributed by atoms with Crippen molar-refractivity contribution in [2.45, 2.75) is 25.9 Å². The largest absolute Gasteiger partial charge is 0.368 e. The Hall–Kier alpha value is -2.67. The second-order valence-electron chi connectivity index (χ2n) is 5.79. The first kappa shape index (κ1) is 16.2. The highest BCUT2D eigenvalue weighted by Gasteiger charge is 2.23. The van der Waals surface area contributed by atoms with Crippen LogP contribution in [0.5, 0.6) is 0 Å². The van der Waals surface area contributed by atoms with Gasteiger partial charge in [0.25, 0.3) is 11.8 Å². The van der Waals surface area contributed by atoms with Gasteiger partial charge in [0.1, 0.15) is 6.10 Å². The van der Waals surface area contributed by atoms with Crippen LogP contribution in [0.4, 0.5) is 11.4 Å². The van der Waals surface area contributed by atoms with Gasteiger partial charge in [0.05, 0.1) is 11.8 Å². The second-order valence-corrected chi connectivity index (χ2v) is 5.79. The molecule has 1 fully saturated rings. The lowest BCUT2D eigenvalue weighted by Gasteiger charge is -2.11. The van der Waals surface area contributed by atoms with E-state index in [0.717, 1.165) is 18.5 Å². The fourth-order valence-corrected chi connectivity index (χ4v) is 2.56. The molecule has 7 nitrogen and oxygen atoms in total. The number of hydrogen-bond donors (Lipinski definition) is 2. The molecule has 1 saturated heterocycles. The van der Waals surface area contributed by atoms with E-state index in [1.807, 2.05) is 6.92 Å². The number of rotatable bonds is 4. The molecule has 2 heterocycles. The van der Waals surface area contributed by atoms with Crippen molar-refractivity contribution in [2.24, 2.45) is 7.05 Å². The van der Waals surface area contributed by atoms with Gasteiger partial charge in [-0.25, -0.2) is 0 Å². The fraction of sp³-hybridized carbons (Fsp3) is 0.353. The number of ether oxygens (including phenoxy) is 1. The Bertz CT molecular complexity index is 746. The van der Waals surface area contributed by atoms with Crippen LogP contribution < -0.4 is 10.6 Å². The third-order valence-corrected chi connectivity index (χ3v) is 4.11. The van der Waals surface area contributed by atoms with E-state index in [-0.39, 0.29) is 17.9 Å². The Balaban J connectivity index is 1.61. The van der Waals surface area contributed by atoms with Gasteiger partial charge < -0.3 is 15.4 Å². The molecule has 126 valence electrons. The highest BCUT2D eigenvalue weighted by atomic mass is 16.5. The molecule has 2 N–H and O–H groups in total. The zero-order chi connectivity index (χ0) is 17.1. The number of benzene rings is 1. The summed E-state index contributed by atoms with van der Waals surface area (Å²) >= 11 is 0. The summed E-state index contributed by atoms with van der Waals surface area (Å²) in [6.07, 6.45) is 2.85. The molecule has 24 heavy (non-hydrogen) atoms. The molecule has 0 saturated carbocycles. The molecule has 2 amide bonds. The number of nitrogens with one attached hydrogen (secondary N) is 2. The molecule has 1 aliphatic heterocycles. The van der Waals surface area contributed by atoms with Crippen LogP contribution in [0.15, 0.2) is 30.5 Å². The highest BCUT2D eigenvalue weighted by Crippen LogP contribution is 2.18. The Morgan fingerprint density at radius 1 is 1.21 bits per heavy atom. The van der Waals surface area contributed by atoms with Crippen molar-refractivity contribution < 1.29 is 14.3 Å². The summed E-state index contributed by atoms with van der Waals surface area (Å²) in [5.74, 6) is -0.341. The van der Waals surface area contributed by atoms with E-state index in [4.69, 9.17) is 4.74 Å². The van der Waals surface area contributed by atoms with Crippen LogP contribution in [0.3, 0.4) is 0 Å². The van der Waals surface area contributed by atoms with Crippen molar-refractivity contribution >= 4 is 23.2 Å². The molecular weight excluding hydrogens is 308 g/mol. The third-order valence-electron chi connectivity index (χ3n) is 4.11. The van der Waals surface area contributed by atoms with E-state index >= 15 is 0 Å². The molecule has 0 aliphatic carbocycles. The van der Waals surface area contributed by atoms with Crippen molar-refractivity contribution in [3.63, 3.8) is 0 Å². The molecule has 0 radical (unpaired) electrons. The number of carbonyl (C=O) groups is 2. The number of nitrogens with zero attached hydrogens (tertiary/aromatic N) is 2. The predicted octanol–water partition coefficient (Wildman–Crippen LogP) is 2.10. The summed E-state index contributed by atoms with van der Waals surface area (Å²) in [5.41, 5.74) is 2.66. The van der Waals surface area contributed by atoms with E-state index in [1.165, 1.54) is 0 Å². The molecule has 2 aromatic rings. The average molecular weight is 328 g/mol. The lowest BCUT2D eigenvalue weighted by molar-refractivity contribution is -0.124. The molecule has 3 rings (SSSR count). The van der Waals surface area contributed by atoms with Gasteiger partial charge in [-0.1, -0.05) is 0 Å². The van der Waals surface area contributed by atoms with Crippen molar-refractivity contribution in [3.8, 4) is 0 Å². The van der Waals surface area contributed by atoms with Gasteiger partial charge >= 0.3 is 0 Å². The zero-order valence-electron chi connectivity index (χ0n) is 13.7. The van der Waals surface area contributed by atoms with Gasteiger partial charge in [-0.15, -0.1) is 0 Å². The van der Waals surface area contributed by atoms with Crippen LogP contribution in [0.1, 0.15) is 28.9 Å². The number of aromatic nitrogens is 2. The number of hydrogen-bond acceptors (Lipinski definition) is 4. The van der Waals surface area contributed by atoms with E-state index in [2.05, 4.69) is 15.7 Å². The summed E-state index contributed by atoms with van der Waals surface area (Å²) in [7, 11) is 1.79. The Morgan fingerprint density at radius 3 is 2.42 bits per heavy atom. The van der Waals surface area contributed by atoms with E-state index < -0.39 is 0 Å². The highest BCUT2D eigenvalue weighted by molar-refractivity contribution is 6.05. The van der Waals surface area contributed by atoms with Crippen molar-refractivity contribution in [2.75, 3.05) is 17.2 Å². The smallest absolute Gasteiger partial charge is 0.259 e. The monoisotopic (exact) mass is 328 g/mol. The maximum absolute atomic E-state index is 12.2. The molecule has 0 spiro atoms. The molecule has 1 unspecified atom stereocenters. The van der Waals surface area contributed by atoms with Crippen LogP contribution in [0, 0.1) is 6.92 Å². The first-order chi connectivity index (χ1) is 11.5. The summed E-state index contributed by atoms with van der Waals surface area (Å²) in [4.78, 5) is 24.2. The summed E-state index contributed by atoms with van der Waals surface area (Å²) < 4.78 is 7.00. The zero-order valence-corrected chi connectivity index (χ0v) is 13.7. The van der Waals surface area contributed by atoms with Gasteiger partial charge in [0.15, 0.2) is 0 Å². The molecular formula is C17H20N4O3. The van der Waals surface area contributed by atoms with Gasteiger partial charge in [-0.3, -0.25) is 14.3 Å². The topological polar surface area (TPSA) is 85.2 Å². The number of amides is 2. The van der Waals surface area contributed by atoms with Crippen LogP contribution >= 0.6 is 0 Å². The van der Waals surface area contributed by atoms with Gasteiger partial charge in [0.2, 0.25) is 0 Å². The predicted molar refractivity (Wildman–Crippen MR) is 89.9 cm³/mol. The van der Waals surface area contributed by atoms with Crippen molar-refractivity contribution in [1.82, 2.24) is 9.78 Å². The first-order valence-corrected chi connectivity index (χ1v) is 7.87. The lowest BCUT2D eigenvalue weighted by Crippen LogP contribution is -2.26. The minimum atomic E-state index is -0.363. The maximum Gasteiger partial charge on any atom is 0.259 e. The normalized spacial score (nSPS) is 16.8. The minimum Gasteiger partial charge on any atom is -0.368 e. The Kier molecular flexibility index (Phi) is 4.61. The van der Waals surface area contributed by atoms with Crippen molar-refractivity contribution in [1.29, 1.82) is 0 Å². The summed E-state index contributed by atoms with van der Waals surface area (Å²) in [6, 6.07) is 6.99. The third kappa shape index (κ3) is 3.46. The van der Waals surface area contributed by atoms with Crippen LogP contribution in [0.25, 0.3) is 0 Å². The van der Waals surface area contributed by atoms with Crippen LogP contribution in [-0.4, -0.2) is 34.3 Å². The molecule has 0 bridgehead atoms. The van der Waals surface area contributed by atoms with E-state index in [1.54, 1.807) is 42.2 Å². The minimum absolute atomic E-state index is 0.129. The van der Waals surface area contributed by atoms with E-state index in [0.29, 0.717) is 23.5 Å². The van der Waals surface area contributed by atoms with Gasteiger partial charge in [-0.2, -0.15) is 5.10 Å². The first-order valence-electron chi connectivity index (χ1n) is 7.87. The maximum atomic E-state index is 12.2.